The first-order chi connectivity index (χ1) is 20.6. The Morgan fingerprint density at radius 1 is 0.933 bits per heavy atom. The SMILES string of the molecule is Cc1cn([C@H]2CC(O)[C@@H](COP(=O)([O-])OP(=O)([O-])OP(=O)([O-])OP(=O)([O-])Oc3ccc4oc(=O)cc(C)c4c3)O2)c(=O)[nH]c1=O. The molecule has 1 saturated heterocycles. The first-order valence-corrected chi connectivity index (χ1v) is 17.9. The van der Waals surface area contributed by atoms with Crippen molar-refractivity contribution >= 4 is 42.3 Å². The van der Waals surface area contributed by atoms with Crippen molar-refractivity contribution in [2.24, 2.45) is 0 Å². The lowest BCUT2D eigenvalue weighted by molar-refractivity contribution is -0.253. The van der Waals surface area contributed by atoms with Crippen LogP contribution in [0.25, 0.3) is 11.0 Å². The Morgan fingerprint density at radius 2 is 1.56 bits per heavy atom. The van der Waals surface area contributed by atoms with Crippen LogP contribution in [0, 0.1) is 13.8 Å². The lowest BCUT2D eigenvalue weighted by Crippen LogP contribution is -2.33. The predicted octanol–water partition coefficient (Wildman–Crippen LogP) is -1.07. The molecule has 0 radical (unpaired) electrons. The number of aromatic amines is 1. The molecule has 5 unspecified atom stereocenters. The summed E-state index contributed by atoms with van der Waals surface area (Å²) in [6, 6.07) is 4.14. The minimum Gasteiger partial charge on any atom is -0.756 e. The number of aromatic nitrogens is 2. The molecule has 0 amide bonds. The second-order valence-electron chi connectivity index (χ2n) is 9.24. The third kappa shape index (κ3) is 9.25. The number of rotatable bonds is 12. The molecule has 248 valence electrons. The van der Waals surface area contributed by atoms with Gasteiger partial charge in [-0.25, -0.2) is 22.5 Å². The number of phosphoric acid groups is 4. The number of hydrogen-bond donors (Lipinski definition) is 2. The molecule has 45 heavy (non-hydrogen) atoms. The standard InChI is InChI=1S/C20H24N2O19P4/c1-10-5-18(24)37-15-4-3-12(6-13(10)15)38-43(29,30)40-45(33,34)41-44(31,32)39-42(27,28)35-9-16-14(23)7-17(36-16)22-8-11(2)19(25)21-20(22)26/h3-6,8,14,16-17,23H,7,9H2,1-2H3,(H,27,28)(H,29,30)(H,31,32)(H,33,34)(H,21,25,26)/p-4/t14?,16-,17-/m1/s1. The third-order valence-corrected chi connectivity index (χ3v) is 11.5. The number of nitrogens with one attached hydrogen (secondary N) is 1. The zero-order valence-corrected chi connectivity index (χ0v) is 26.1. The van der Waals surface area contributed by atoms with E-state index in [1.807, 2.05) is 4.98 Å². The zero-order chi connectivity index (χ0) is 33.5. The van der Waals surface area contributed by atoms with E-state index in [1.54, 1.807) is 0 Å². The van der Waals surface area contributed by atoms with Crippen LogP contribution in [0.1, 0.15) is 23.8 Å². The number of aliphatic hydroxyl groups is 1. The maximum atomic E-state index is 12.1. The van der Waals surface area contributed by atoms with Crippen molar-refractivity contribution in [1.29, 1.82) is 0 Å². The monoisotopic (exact) mass is 716 g/mol. The molecule has 0 bridgehead atoms. The molecule has 1 aliphatic heterocycles. The number of nitrogens with zero attached hydrogens (tertiary/aromatic N) is 1. The molecule has 1 fully saturated rings. The Balaban J connectivity index is 1.35. The fourth-order valence-electron chi connectivity index (χ4n) is 3.92. The van der Waals surface area contributed by atoms with Crippen LogP contribution < -0.4 is 41.0 Å². The number of phosphoric ester groups is 2. The Bertz CT molecular complexity index is 1990. The molecule has 25 heteroatoms. The summed E-state index contributed by atoms with van der Waals surface area (Å²) >= 11 is 0. The lowest BCUT2D eigenvalue weighted by Gasteiger charge is -2.36. The number of ether oxygens (including phenoxy) is 1. The van der Waals surface area contributed by atoms with Crippen LogP contribution in [0.4, 0.5) is 0 Å². The van der Waals surface area contributed by atoms with E-state index in [0.29, 0.717) is 5.56 Å². The topological polar surface area (TPSA) is 321 Å². The average Bonchev–Trinajstić information content (AvgIpc) is 3.23. The van der Waals surface area contributed by atoms with E-state index in [1.165, 1.54) is 13.8 Å². The minimum atomic E-state index is -6.49. The molecule has 1 aliphatic rings. The first kappa shape index (κ1) is 35.3. The smallest absolute Gasteiger partial charge is 0.336 e. The Kier molecular flexibility index (Phi) is 10.1. The highest BCUT2D eigenvalue weighted by atomic mass is 31.3. The van der Waals surface area contributed by atoms with Crippen molar-refractivity contribution in [2.75, 3.05) is 6.61 Å². The molecule has 3 heterocycles. The summed E-state index contributed by atoms with van der Waals surface area (Å²) in [7, 11) is -25.0. The van der Waals surface area contributed by atoms with Gasteiger partial charge in [0.15, 0.2) is 0 Å². The molecular weight excluding hydrogens is 696 g/mol. The van der Waals surface area contributed by atoms with Crippen LogP contribution in [-0.2, 0) is 40.5 Å². The van der Waals surface area contributed by atoms with Gasteiger partial charge < -0.3 is 42.9 Å². The predicted molar refractivity (Wildman–Crippen MR) is 138 cm³/mol. The van der Waals surface area contributed by atoms with Gasteiger partial charge in [0.2, 0.25) is 0 Å². The summed E-state index contributed by atoms with van der Waals surface area (Å²) in [6.45, 7) is 1.73. The number of benzene rings is 1. The maximum Gasteiger partial charge on any atom is 0.336 e. The van der Waals surface area contributed by atoms with Crippen molar-refractivity contribution in [2.45, 2.75) is 38.7 Å². The molecular formula is C20H20N2O19P4-4. The normalized spacial score (nSPS) is 23.9. The number of aryl methyl sites for hydroxylation is 2. The average molecular weight is 716 g/mol. The highest BCUT2D eigenvalue weighted by Gasteiger charge is 2.37. The van der Waals surface area contributed by atoms with Crippen LogP contribution in [0.15, 0.2) is 49.3 Å². The number of H-pyrrole nitrogens is 1. The first-order valence-electron chi connectivity index (χ1n) is 12.1. The fourth-order valence-corrected chi connectivity index (χ4v) is 8.66. The molecule has 3 aromatic rings. The van der Waals surface area contributed by atoms with E-state index in [2.05, 4.69) is 22.0 Å². The number of aliphatic hydroxyl groups excluding tert-OH is 1. The van der Waals surface area contributed by atoms with Crippen LogP contribution in [-0.4, -0.2) is 33.5 Å². The van der Waals surface area contributed by atoms with Gasteiger partial charge in [0.05, 0.1) is 12.7 Å². The Morgan fingerprint density at radius 3 is 2.22 bits per heavy atom. The molecule has 1 aromatic carbocycles. The Labute approximate surface area is 250 Å². The van der Waals surface area contributed by atoms with Crippen molar-refractivity contribution in [3.63, 3.8) is 0 Å². The van der Waals surface area contributed by atoms with E-state index in [0.717, 1.165) is 35.0 Å². The largest absolute Gasteiger partial charge is 0.756 e. The second-order valence-corrected chi connectivity index (χ2v) is 15.2. The molecule has 0 saturated carbocycles. The summed E-state index contributed by atoms with van der Waals surface area (Å²) in [5, 5.41) is 10.3. The quantitative estimate of drug-likeness (QED) is 0.166. The number of hydrogen-bond acceptors (Lipinski definition) is 19. The molecule has 2 N–H and O–H groups in total. The van der Waals surface area contributed by atoms with Crippen LogP contribution in [0.3, 0.4) is 0 Å². The highest BCUT2D eigenvalue weighted by molar-refractivity contribution is 7.68. The fraction of sp³-hybridized carbons (Fsp3) is 0.350. The third-order valence-electron chi connectivity index (χ3n) is 5.80. The van der Waals surface area contributed by atoms with Crippen LogP contribution >= 0.6 is 31.3 Å². The summed E-state index contributed by atoms with van der Waals surface area (Å²) in [4.78, 5) is 85.2. The zero-order valence-electron chi connectivity index (χ0n) is 22.6. The summed E-state index contributed by atoms with van der Waals surface area (Å²) in [5.41, 5.74) is -1.84. The van der Waals surface area contributed by atoms with Gasteiger partial charge in [0, 0.05) is 29.6 Å². The van der Waals surface area contributed by atoms with Gasteiger partial charge in [-0.05, 0) is 37.6 Å². The molecule has 7 atom stereocenters. The van der Waals surface area contributed by atoms with Crippen molar-refractivity contribution in [3.8, 4) is 5.75 Å². The van der Waals surface area contributed by atoms with Gasteiger partial charge in [-0.2, -0.15) is 0 Å². The lowest BCUT2D eigenvalue weighted by atomic mass is 10.1. The number of fused-ring (bicyclic) bond motifs is 1. The second kappa shape index (κ2) is 12.9. The van der Waals surface area contributed by atoms with Crippen LogP contribution in [0.5, 0.6) is 5.75 Å². The van der Waals surface area contributed by atoms with E-state index in [9.17, 15) is 57.3 Å². The Hall–Kier alpha value is -2.57. The van der Waals surface area contributed by atoms with E-state index in [4.69, 9.17) is 9.15 Å². The molecule has 4 rings (SSSR count). The summed E-state index contributed by atoms with van der Waals surface area (Å²) in [5.74, 6) is -0.559. The van der Waals surface area contributed by atoms with Crippen molar-refractivity contribution in [3.05, 3.63) is 72.8 Å². The summed E-state index contributed by atoms with van der Waals surface area (Å²) < 4.78 is 78.9. The van der Waals surface area contributed by atoms with Gasteiger partial charge in [-0.3, -0.25) is 32.6 Å². The van der Waals surface area contributed by atoms with Crippen molar-refractivity contribution in [1.82, 2.24) is 9.55 Å². The van der Waals surface area contributed by atoms with E-state index >= 15 is 0 Å². The van der Waals surface area contributed by atoms with Gasteiger partial charge in [0.25, 0.3) is 29.0 Å². The highest BCUT2D eigenvalue weighted by Crippen LogP contribution is 2.66. The molecule has 2 aromatic heterocycles. The molecule has 0 aliphatic carbocycles. The molecule has 0 spiro atoms. The van der Waals surface area contributed by atoms with Crippen molar-refractivity contribution < 1.29 is 74.1 Å². The van der Waals surface area contributed by atoms with Gasteiger partial charge >= 0.3 is 19.1 Å². The van der Waals surface area contributed by atoms with Gasteiger partial charge in [0.1, 0.15) is 23.7 Å². The molecule has 21 nitrogen and oxygen atoms in total. The van der Waals surface area contributed by atoms with E-state index < -0.39 is 79.0 Å². The van der Waals surface area contributed by atoms with Gasteiger partial charge in [-0.15, -0.1) is 0 Å². The van der Waals surface area contributed by atoms with Crippen LogP contribution in [0.2, 0.25) is 0 Å². The summed E-state index contributed by atoms with van der Waals surface area (Å²) in [6.07, 6.45) is -3.36. The minimum absolute atomic E-state index is 0.0219. The van der Waals surface area contributed by atoms with E-state index in [-0.39, 0.29) is 23.0 Å². The van der Waals surface area contributed by atoms with Gasteiger partial charge in [-0.1, -0.05) is 0 Å². The maximum absolute atomic E-state index is 12.1.